The second kappa shape index (κ2) is 7.76. The third kappa shape index (κ3) is 4.24. The van der Waals surface area contributed by atoms with Gasteiger partial charge in [0.05, 0.1) is 4.90 Å². The summed E-state index contributed by atoms with van der Waals surface area (Å²) in [4.78, 5) is 16.6. The second-order valence-corrected chi connectivity index (χ2v) is 7.90. The largest absolute Gasteiger partial charge is 0.352 e. The van der Waals surface area contributed by atoms with Crippen molar-refractivity contribution in [1.29, 1.82) is 0 Å². The maximum atomic E-state index is 12.5. The van der Waals surface area contributed by atoms with Gasteiger partial charge >= 0.3 is 0 Å². The second-order valence-electron chi connectivity index (χ2n) is 5.96. The zero-order chi connectivity index (χ0) is 17.7. The number of pyridine rings is 1. The number of rotatable bonds is 6. The predicted molar refractivity (Wildman–Crippen MR) is 94.7 cm³/mol. The fourth-order valence-electron chi connectivity index (χ4n) is 2.81. The van der Waals surface area contributed by atoms with E-state index in [1.165, 1.54) is 16.4 Å². The third-order valence-electron chi connectivity index (χ3n) is 4.21. The number of hydrogen-bond acceptors (Lipinski definition) is 4. The average Bonchev–Trinajstić information content (AvgIpc) is 3.18. The van der Waals surface area contributed by atoms with Gasteiger partial charge in [0.15, 0.2) is 0 Å². The maximum Gasteiger partial charge on any atom is 0.251 e. The van der Waals surface area contributed by atoms with Gasteiger partial charge in [-0.25, -0.2) is 8.42 Å². The van der Waals surface area contributed by atoms with Gasteiger partial charge in [0.2, 0.25) is 10.0 Å². The van der Waals surface area contributed by atoms with E-state index in [2.05, 4.69) is 10.3 Å². The molecule has 0 spiro atoms. The molecule has 25 heavy (non-hydrogen) atoms. The molecule has 0 bridgehead atoms. The summed E-state index contributed by atoms with van der Waals surface area (Å²) in [6, 6.07) is 11.8. The lowest BCUT2D eigenvalue weighted by Crippen LogP contribution is -2.28. The van der Waals surface area contributed by atoms with Gasteiger partial charge in [-0.1, -0.05) is 6.07 Å². The molecule has 3 rings (SSSR count). The number of aromatic nitrogens is 1. The van der Waals surface area contributed by atoms with Crippen LogP contribution in [0, 0.1) is 0 Å². The van der Waals surface area contributed by atoms with Crippen molar-refractivity contribution in [2.45, 2.75) is 24.2 Å². The molecule has 1 aromatic carbocycles. The van der Waals surface area contributed by atoms with Crippen molar-refractivity contribution in [2.24, 2.45) is 0 Å². The SMILES string of the molecule is O=C(NCCc1ccccn1)c1ccc(S(=O)(=O)N2CCCC2)cc1. The first kappa shape index (κ1) is 17.6. The molecule has 0 radical (unpaired) electrons. The van der Waals surface area contributed by atoms with Crippen LogP contribution in [0.5, 0.6) is 0 Å². The minimum atomic E-state index is -3.44. The number of carbonyl (C=O) groups excluding carboxylic acids is 1. The number of nitrogens with one attached hydrogen (secondary N) is 1. The Kier molecular flexibility index (Phi) is 5.45. The lowest BCUT2D eigenvalue weighted by molar-refractivity contribution is 0.0954. The predicted octanol–water partition coefficient (Wildman–Crippen LogP) is 1.84. The van der Waals surface area contributed by atoms with Crippen molar-refractivity contribution >= 4 is 15.9 Å². The van der Waals surface area contributed by atoms with E-state index < -0.39 is 10.0 Å². The lowest BCUT2D eigenvalue weighted by atomic mass is 10.2. The van der Waals surface area contributed by atoms with Crippen LogP contribution in [0.3, 0.4) is 0 Å². The Morgan fingerprint density at radius 3 is 2.44 bits per heavy atom. The Balaban J connectivity index is 1.59. The first-order chi connectivity index (χ1) is 12.1. The van der Waals surface area contributed by atoms with Crippen molar-refractivity contribution in [3.63, 3.8) is 0 Å². The van der Waals surface area contributed by atoms with Gasteiger partial charge in [-0.3, -0.25) is 9.78 Å². The minimum absolute atomic E-state index is 0.221. The Bertz CT molecular complexity index is 814. The van der Waals surface area contributed by atoms with E-state index in [4.69, 9.17) is 0 Å². The molecule has 1 amide bonds. The molecule has 0 saturated carbocycles. The molecule has 2 aromatic rings. The molecule has 0 atom stereocenters. The van der Waals surface area contributed by atoms with Crippen molar-refractivity contribution in [2.75, 3.05) is 19.6 Å². The van der Waals surface area contributed by atoms with Crippen LogP contribution in [-0.2, 0) is 16.4 Å². The van der Waals surface area contributed by atoms with Gasteiger partial charge in [-0.2, -0.15) is 4.31 Å². The highest BCUT2D eigenvalue weighted by Gasteiger charge is 2.27. The lowest BCUT2D eigenvalue weighted by Gasteiger charge is -2.15. The monoisotopic (exact) mass is 359 g/mol. The van der Waals surface area contributed by atoms with Gasteiger partial charge in [-0.05, 0) is 49.2 Å². The fraction of sp³-hybridized carbons (Fsp3) is 0.333. The van der Waals surface area contributed by atoms with E-state index in [1.54, 1.807) is 18.3 Å². The number of sulfonamides is 1. The zero-order valence-corrected chi connectivity index (χ0v) is 14.7. The summed E-state index contributed by atoms with van der Waals surface area (Å²) in [7, 11) is -3.44. The van der Waals surface area contributed by atoms with E-state index >= 15 is 0 Å². The Labute approximate surface area is 147 Å². The number of nitrogens with zero attached hydrogens (tertiary/aromatic N) is 2. The van der Waals surface area contributed by atoms with E-state index in [0.717, 1.165) is 18.5 Å². The highest BCUT2D eigenvalue weighted by molar-refractivity contribution is 7.89. The number of carbonyl (C=O) groups is 1. The highest BCUT2D eigenvalue weighted by Crippen LogP contribution is 2.21. The highest BCUT2D eigenvalue weighted by atomic mass is 32.2. The molecular formula is C18H21N3O3S. The Morgan fingerprint density at radius 1 is 1.08 bits per heavy atom. The van der Waals surface area contributed by atoms with Crippen molar-refractivity contribution in [1.82, 2.24) is 14.6 Å². The van der Waals surface area contributed by atoms with Gasteiger partial charge in [0.25, 0.3) is 5.91 Å². The van der Waals surface area contributed by atoms with Crippen LogP contribution < -0.4 is 5.32 Å². The van der Waals surface area contributed by atoms with E-state index in [0.29, 0.717) is 31.6 Å². The van der Waals surface area contributed by atoms with Crippen molar-refractivity contribution in [3.8, 4) is 0 Å². The van der Waals surface area contributed by atoms with Crippen LogP contribution in [0.4, 0.5) is 0 Å². The van der Waals surface area contributed by atoms with Gasteiger partial charge < -0.3 is 5.32 Å². The van der Waals surface area contributed by atoms with Crippen molar-refractivity contribution < 1.29 is 13.2 Å². The molecule has 0 aliphatic carbocycles. The summed E-state index contributed by atoms with van der Waals surface area (Å²) in [5, 5.41) is 2.82. The molecule has 132 valence electrons. The Morgan fingerprint density at radius 2 is 1.80 bits per heavy atom. The van der Waals surface area contributed by atoms with Gasteiger partial charge in [0, 0.05) is 43.5 Å². The zero-order valence-electron chi connectivity index (χ0n) is 13.9. The molecule has 7 heteroatoms. The van der Waals surface area contributed by atoms with E-state index in [1.807, 2.05) is 18.2 Å². The summed E-state index contributed by atoms with van der Waals surface area (Å²) >= 11 is 0. The van der Waals surface area contributed by atoms with Gasteiger partial charge in [0.1, 0.15) is 0 Å². The van der Waals surface area contributed by atoms with Crippen LogP contribution in [0.1, 0.15) is 28.9 Å². The summed E-state index contributed by atoms with van der Waals surface area (Å²) in [5.74, 6) is -0.221. The van der Waals surface area contributed by atoms with Crippen LogP contribution in [0.25, 0.3) is 0 Å². The average molecular weight is 359 g/mol. The van der Waals surface area contributed by atoms with Crippen LogP contribution in [-0.4, -0.2) is 43.2 Å². The normalized spacial score (nSPS) is 15.2. The Hall–Kier alpha value is -2.25. The molecule has 1 aliphatic rings. The fourth-order valence-corrected chi connectivity index (χ4v) is 4.33. The molecule has 1 saturated heterocycles. The smallest absolute Gasteiger partial charge is 0.251 e. The maximum absolute atomic E-state index is 12.5. The molecule has 1 aliphatic heterocycles. The van der Waals surface area contributed by atoms with Gasteiger partial charge in [-0.15, -0.1) is 0 Å². The number of hydrogen-bond donors (Lipinski definition) is 1. The molecule has 2 heterocycles. The standard InChI is InChI=1S/C18H21N3O3S/c22-18(20-12-10-16-5-1-2-11-19-16)15-6-8-17(9-7-15)25(23,24)21-13-3-4-14-21/h1-2,5-9,11H,3-4,10,12-14H2,(H,20,22). The first-order valence-electron chi connectivity index (χ1n) is 8.36. The molecule has 6 nitrogen and oxygen atoms in total. The van der Waals surface area contributed by atoms with Crippen LogP contribution in [0.15, 0.2) is 53.6 Å². The third-order valence-corrected chi connectivity index (χ3v) is 6.13. The summed E-state index contributed by atoms with van der Waals surface area (Å²) in [6.07, 6.45) is 4.16. The summed E-state index contributed by atoms with van der Waals surface area (Å²) in [5.41, 5.74) is 1.36. The molecule has 1 aromatic heterocycles. The molecule has 1 fully saturated rings. The van der Waals surface area contributed by atoms with Crippen LogP contribution in [0.2, 0.25) is 0 Å². The molecule has 0 unspecified atom stereocenters. The first-order valence-corrected chi connectivity index (χ1v) is 9.80. The van der Waals surface area contributed by atoms with Crippen LogP contribution >= 0.6 is 0 Å². The quantitative estimate of drug-likeness (QED) is 0.853. The van der Waals surface area contributed by atoms with Crippen molar-refractivity contribution in [3.05, 3.63) is 59.9 Å². The summed E-state index contributed by atoms with van der Waals surface area (Å²) in [6.45, 7) is 1.61. The number of amides is 1. The molecular weight excluding hydrogens is 338 g/mol. The topological polar surface area (TPSA) is 79.4 Å². The van der Waals surface area contributed by atoms with E-state index in [-0.39, 0.29) is 10.8 Å². The minimum Gasteiger partial charge on any atom is -0.352 e. The summed E-state index contributed by atoms with van der Waals surface area (Å²) < 4.78 is 26.4. The van der Waals surface area contributed by atoms with E-state index in [9.17, 15) is 13.2 Å². The molecule has 1 N–H and O–H groups in total. The number of benzene rings is 1.